The maximum atomic E-state index is 11.7. The monoisotopic (exact) mass is 286 g/mol. The van der Waals surface area contributed by atoms with E-state index in [9.17, 15) is 4.79 Å². The van der Waals surface area contributed by atoms with Gasteiger partial charge < -0.3 is 14.2 Å². The summed E-state index contributed by atoms with van der Waals surface area (Å²) in [6, 6.07) is 4.88. The van der Waals surface area contributed by atoms with E-state index in [4.69, 9.17) is 25.8 Å². The van der Waals surface area contributed by atoms with Crippen molar-refractivity contribution in [3.05, 3.63) is 28.8 Å². The van der Waals surface area contributed by atoms with Gasteiger partial charge in [-0.05, 0) is 24.6 Å². The molecule has 1 rings (SSSR count). The normalized spacial score (nSPS) is 10.3. The SMILES string of the molecule is CCCCOc1ccc(C(=O)OCCOC)cc1Cl. The summed E-state index contributed by atoms with van der Waals surface area (Å²) in [5.74, 6) is 0.169. The first-order chi connectivity index (χ1) is 9.19. The summed E-state index contributed by atoms with van der Waals surface area (Å²) < 4.78 is 15.3. The van der Waals surface area contributed by atoms with Gasteiger partial charge in [0.1, 0.15) is 12.4 Å². The number of unbranched alkanes of at least 4 members (excludes halogenated alkanes) is 1. The molecule has 0 saturated carbocycles. The van der Waals surface area contributed by atoms with Crippen molar-refractivity contribution in [3.8, 4) is 5.75 Å². The molecule has 0 amide bonds. The molecule has 0 radical (unpaired) electrons. The number of benzene rings is 1. The van der Waals surface area contributed by atoms with Crippen LogP contribution in [0.4, 0.5) is 0 Å². The second kappa shape index (κ2) is 8.77. The molecule has 0 unspecified atom stereocenters. The van der Waals surface area contributed by atoms with Gasteiger partial charge in [0, 0.05) is 7.11 Å². The minimum Gasteiger partial charge on any atom is -0.492 e. The van der Waals surface area contributed by atoms with Gasteiger partial charge in [-0.2, -0.15) is 0 Å². The Morgan fingerprint density at radius 2 is 2.05 bits per heavy atom. The maximum Gasteiger partial charge on any atom is 0.338 e. The Morgan fingerprint density at radius 1 is 1.26 bits per heavy atom. The highest BCUT2D eigenvalue weighted by Crippen LogP contribution is 2.26. The van der Waals surface area contributed by atoms with E-state index in [1.54, 1.807) is 25.3 Å². The Kier molecular flexibility index (Phi) is 7.30. The van der Waals surface area contributed by atoms with Gasteiger partial charge in [0.2, 0.25) is 0 Å². The van der Waals surface area contributed by atoms with E-state index >= 15 is 0 Å². The highest BCUT2D eigenvalue weighted by atomic mass is 35.5. The molecule has 0 atom stereocenters. The third-order valence-corrected chi connectivity index (χ3v) is 2.74. The molecule has 0 spiro atoms. The molecule has 4 nitrogen and oxygen atoms in total. The van der Waals surface area contributed by atoms with Crippen LogP contribution in [0, 0.1) is 0 Å². The number of methoxy groups -OCH3 is 1. The zero-order chi connectivity index (χ0) is 14.1. The molecule has 5 heteroatoms. The highest BCUT2D eigenvalue weighted by molar-refractivity contribution is 6.32. The molecule has 0 aliphatic carbocycles. The summed E-state index contributed by atoms with van der Waals surface area (Å²) in [4.78, 5) is 11.7. The van der Waals surface area contributed by atoms with Crippen LogP contribution in [0.1, 0.15) is 30.1 Å². The van der Waals surface area contributed by atoms with Crippen molar-refractivity contribution in [2.24, 2.45) is 0 Å². The average molecular weight is 287 g/mol. The number of halogens is 1. The van der Waals surface area contributed by atoms with E-state index in [-0.39, 0.29) is 6.61 Å². The molecule has 1 aromatic carbocycles. The summed E-state index contributed by atoms with van der Waals surface area (Å²) in [5, 5.41) is 0.414. The first kappa shape index (κ1) is 15.8. The predicted molar refractivity (Wildman–Crippen MR) is 74.0 cm³/mol. The van der Waals surface area contributed by atoms with Gasteiger partial charge >= 0.3 is 5.97 Å². The van der Waals surface area contributed by atoms with Crippen molar-refractivity contribution in [1.82, 2.24) is 0 Å². The molecule has 0 aromatic heterocycles. The van der Waals surface area contributed by atoms with Crippen LogP contribution in [0.15, 0.2) is 18.2 Å². The minimum absolute atomic E-state index is 0.224. The molecular formula is C14H19ClO4. The number of hydrogen-bond acceptors (Lipinski definition) is 4. The summed E-state index contributed by atoms with van der Waals surface area (Å²) in [6.07, 6.45) is 2.03. The second-order valence-electron chi connectivity index (χ2n) is 3.98. The number of rotatable bonds is 8. The Morgan fingerprint density at radius 3 is 2.68 bits per heavy atom. The second-order valence-corrected chi connectivity index (χ2v) is 4.38. The van der Waals surface area contributed by atoms with Crippen LogP contribution in [0.3, 0.4) is 0 Å². The van der Waals surface area contributed by atoms with Gasteiger partial charge in [-0.15, -0.1) is 0 Å². The molecule has 0 fully saturated rings. The number of esters is 1. The minimum atomic E-state index is -0.418. The lowest BCUT2D eigenvalue weighted by Crippen LogP contribution is -2.10. The van der Waals surface area contributed by atoms with E-state index < -0.39 is 5.97 Å². The molecule has 0 bridgehead atoms. The Bertz CT molecular complexity index is 406. The molecule has 0 aliphatic heterocycles. The molecule has 0 saturated heterocycles. The van der Waals surface area contributed by atoms with Crippen molar-refractivity contribution in [2.45, 2.75) is 19.8 Å². The number of ether oxygens (including phenoxy) is 3. The molecule has 19 heavy (non-hydrogen) atoms. The summed E-state index contributed by atoms with van der Waals surface area (Å²) in [5.41, 5.74) is 0.406. The molecule has 0 aliphatic rings. The fourth-order valence-electron chi connectivity index (χ4n) is 1.37. The van der Waals surface area contributed by atoms with Crippen molar-refractivity contribution in [1.29, 1.82) is 0 Å². The molecule has 106 valence electrons. The van der Waals surface area contributed by atoms with Gasteiger partial charge in [0.15, 0.2) is 0 Å². The molecular weight excluding hydrogens is 268 g/mol. The molecule has 0 N–H and O–H groups in total. The van der Waals surface area contributed by atoms with Crippen molar-refractivity contribution in [3.63, 3.8) is 0 Å². The zero-order valence-electron chi connectivity index (χ0n) is 11.3. The van der Waals surface area contributed by atoms with E-state index in [0.29, 0.717) is 29.5 Å². The Balaban J connectivity index is 2.57. The first-order valence-corrected chi connectivity index (χ1v) is 6.65. The fourth-order valence-corrected chi connectivity index (χ4v) is 1.61. The zero-order valence-corrected chi connectivity index (χ0v) is 12.0. The van der Waals surface area contributed by atoms with Crippen LogP contribution in [0.25, 0.3) is 0 Å². The van der Waals surface area contributed by atoms with Crippen LogP contribution in [0.5, 0.6) is 5.75 Å². The largest absolute Gasteiger partial charge is 0.492 e. The summed E-state index contributed by atoms with van der Waals surface area (Å²) in [7, 11) is 1.55. The molecule has 0 heterocycles. The van der Waals surface area contributed by atoms with Gasteiger partial charge in [-0.1, -0.05) is 24.9 Å². The Hall–Kier alpha value is -1.26. The van der Waals surface area contributed by atoms with E-state index in [0.717, 1.165) is 12.8 Å². The lowest BCUT2D eigenvalue weighted by atomic mass is 10.2. The maximum absolute atomic E-state index is 11.7. The van der Waals surface area contributed by atoms with E-state index in [1.165, 1.54) is 0 Å². The number of carbonyl (C=O) groups is 1. The van der Waals surface area contributed by atoms with Gasteiger partial charge in [-0.3, -0.25) is 0 Å². The fraction of sp³-hybridized carbons (Fsp3) is 0.500. The van der Waals surface area contributed by atoms with Gasteiger partial charge in [0.05, 0.1) is 23.8 Å². The standard InChI is InChI=1S/C14H19ClO4/c1-3-4-7-18-13-6-5-11(10-12(13)15)14(16)19-9-8-17-2/h5-6,10H,3-4,7-9H2,1-2H3. The smallest absolute Gasteiger partial charge is 0.338 e. The average Bonchev–Trinajstić information content (AvgIpc) is 2.41. The third kappa shape index (κ3) is 5.49. The predicted octanol–water partition coefficient (Wildman–Crippen LogP) is 3.32. The number of carbonyl (C=O) groups excluding carboxylic acids is 1. The quantitative estimate of drug-likeness (QED) is 0.543. The number of hydrogen-bond donors (Lipinski definition) is 0. The molecule has 1 aromatic rings. The van der Waals surface area contributed by atoms with Crippen molar-refractivity contribution in [2.75, 3.05) is 26.9 Å². The summed E-state index contributed by atoms with van der Waals surface area (Å²) in [6.45, 7) is 3.30. The van der Waals surface area contributed by atoms with E-state index in [1.807, 2.05) is 0 Å². The third-order valence-electron chi connectivity index (χ3n) is 2.44. The lowest BCUT2D eigenvalue weighted by Gasteiger charge is -2.09. The van der Waals surface area contributed by atoms with Crippen LogP contribution < -0.4 is 4.74 Å². The van der Waals surface area contributed by atoms with Crippen LogP contribution in [-0.4, -0.2) is 32.9 Å². The lowest BCUT2D eigenvalue weighted by molar-refractivity contribution is 0.0388. The summed E-state index contributed by atoms with van der Waals surface area (Å²) >= 11 is 6.06. The highest BCUT2D eigenvalue weighted by Gasteiger charge is 2.10. The van der Waals surface area contributed by atoms with Crippen LogP contribution >= 0.6 is 11.6 Å². The first-order valence-electron chi connectivity index (χ1n) is 6.27. The van der Waals surface area contributed by atoms with Gasteiger partial charge in [-0.25, -0.2) is 4.79 Å². The van der Waals surface area contributed by atoms with Crippen molar-refractivity contribution >= 4 is 17.6 Å². The Labute approximate surface area is 118 Å². The van der Waals surface area contributed by atoms with Crippen LogP contribution in [-0.2, 0) is 9.47 Å². The topological polar surface area (TPSA) is 44.8 Å². The van der Waals surface area contributed by atoms with E-state index in [2.05, 4.69) is 6.92 Å². The van der Waals surface area contributed by atoms with Crippen molar-refractivity contribution < 1.29 is 19.0 Å². The van der Waals surface area contributed by atoms with Crippen LogP contribution in [0.2, 0.25) is 5.02 Å². The van der Waals surface area contributed by atoms with Gasteiger partial charge in [0.25, 0.3) is 0 Å².